The fraction of sp³-hybridized carbons (Fsp3) is 0.286. The average Bonchev–Trinajstić information content (AvgIpc) is 2.71. The Balaban J connectivity index is 1.89. The molecule has 0 aliphatic rings. The summed E-state index contributed by atoms with van der Waals surface area (Å²) in [6.45, 7) is 2.84. The van der Waals surface area contributed by atoms with E-state index in [0.717, 1.165) is 6.42 Å². The lowest BCUT2D eigenvalue weighted by atomic mass is 10.2. The van der Waals surface area contributed by atoms with Crippen molar-refractivity contribution in [2.24, 2.45) is 0 Å². The number of hydrogen-bond acceptors (Lipinski definition) is 5. The first-order valence-electron chi connectivity index (χ1n) is 9.36. The number of hydrogen-bond donors (Lipinski definition) is 3. The van der Waals surface area contributed by atoms with E-state index < -0.39 is 0 Å². The fourth-order valence-corrected chi connectivity index (χ4v) is 3.12. The Morgan fingerprint density at radius 3 is 2.30 bits per heavy atom. The third-order valence-electron chi connectivity index (χ3n) is 3.87. The van der Waals surface area contributed by atoms with Gasteiger partial charge < -0.3 is 20.1 Å². The van der Waals surface area contributed by atoms with Gasteiger partial charge in [0.1, 0.15) is 12.4 Å². The molecule has 0 spiro atoms. The largest absolute Gasteiger partial charge is 0.490 e. The normalized spacial score (nSPS) is 10.2. The van der Waals surface area contributed by atoms with Gasteiger partial charge in [0.15, 0.2) is 5.11 Å². The highest BCUT2D eigenvalue weighted by molar-refractivity contribution is 9.10. The number of nitrogens with one attached hydrogen (secondary N) is 3. The summed E-state index contributed by atoms with van der Waals surface area (Å²) in [7, 11) is 1.60. The van der Waals surface area contributed by atoms with E-state index in [1.54, 1.807) is 49.6 Å². The van der Waals surface area contributed by atoms with Crippen LogP contribution in [0.25, 0.3) is 0 Å². The fourth-order valence-electron chi connectivity index (χ4n) is 2.42. The number of benzene rings is 2. The smallest absolute Gasteiger partial charge is 0.257 e. The molecule has 30 heavy (non-hydrogen) atoms. The minimum absolute atomic E-state index is 0.0257. The molecule has 0 unspecified atom stereocenters. The van der Waals surface area contributed by atoms with Gasteiger partial charge in [0.05, 0.1) is 11.1 Å². The van der Waals surface area contributed by atoms with Crippen molar-refractivity contribution in [1.29, 1.82) is 0 Å². The number of thiocarbonyl (C=S) groups is 1. The Hall–Kier alpha value is -2.49. The van der Waals surface area contributed by atoms with Crippen LogP contribution < -0.4 is 20.7 Å². The van der Waals surface area contributed by atoms with Crippen molar-refractivity contribution in [3.8, 4) is 5.75 Å². The van der Waals surface area contributed by atoms with E-state index in [9.17, 15) is 9.59 Å². The molecular weight excluding hydrogens is 470 g/mol. The Labute approximate surface area is 189 Å². The molecule has 0 aliphatic heterocycles. The zero-order valence-electron chi connectivity index (χ0n) is 16.8. The van der Waals surface area contributed by atoms with Gasteiger partial charge in [-0.15, -0.1) is 0 Å². The van der Waals surface area contributed by atoms with E-state index in [2.05, 4.69) is 31.9 Å². The summed E-state index contributed by atoms with van der Waals surface area (Å²) in [5.74, 6) is 0.248. The van der Waals surface area contributed by atoms with Crippen molar-refractivity contribution in [2.75, 3.05) is 31.0 Å². The molecule has 2 aromatic carbocycles. The average molecular weight is 494 g/mol. The molecule has 0 radical (unpaired) electrons. The third kappa shape index (κ3) is 7.74. The van der Waals surface area contributed by atoms with Gasteiger partial charge in [0, 0.05) is 30.5 Å². The summed E-state index contributed by atoms with van der Waals surface area (Å²) < 4.78 is 11.2. The number of anilines is 2. The molecule has 160 valence electrons. The van der Waals surface area contributed by atoms with Crippen LogP contribution in [0.2, 0.25) is 0 Å². The van der Waals surface area contributed by atoms with Crippen LogP contribution in [0.5, 0.6) is 5.75 Å². The van der Waals surface area contributed by atoms with Crippen LogP contribution in [-0.4, -0.2) is 37.3 Å². The quantitative estimate of drug-likeness (QED) is 0.355. The van der Waals surface area contributed by atoms with Crippen LogP contribution in [0.3, 0.4) is 0 Å². The summed E-state index contributed by atoms with van der Waals surface area (Å²) in [6.07, 6.45) is 1.27. The van der Waals surface area contributed by atoms with Gasteiger partial charge in [0.2, 0.25) is 5.91 Å². The Morgan fingerprint density at radius 1 is 1.03 bits per heavy atom. The maximum Gasteiger partial charge on any atom is 0.257 e. The van der Waals surface area contributed by atoms with Gasteiger partial charge in [0.25, 0.3) is 5.91 Å². The van der Waals surface area contributed by atoms with Gasteiger partial charge in [-0.2, -0.15) is 0 Å². The summed E-state index contributed by atoms with van der Waals surface area (Å²) in [5.41, 5.74) is 1.82. The van der Waals surface area contributed by atoms with E-state index in [4.69, 9.17) is 21.7 Å². The number of carbonyl (C=O) groups is 2. The first-order valence-corrected chi connectivity index (χ1v) is 10.6. The molecule has 7 nitrogen and oxygen atoms in total. The summed E-state index contributed by atoms with van der Waals surface area (Å²) in [4.78, 5) is 24.1. The standard InChI is InChI=1S/C21H24BrN3O4S/c1-3-4-19(26)23-15-6-8-16(9-7-15)24-21(30)25-20(27)14-5-10-18(17(22)13-14)29-12-11-28-2/h5-10,13H,3-4,11-12H2,1-2H3,(H,23,26)(H2,24,25,27,30). The molecule has 0 atom stereocenters. The van der Waals surface area contributed by atoms with E-state index in [1.165, 1.54) is 0 Å². The SMILES string of the molecule is CCCC(=O)Nc1ccc(NC(=S)NC(=O)c2ccc(OCCOC)c(Br)c2)cc1. The molecule has 2 amide bonds. The Morgan fingerprint density at radius 2 is 1.70 bits per heavy atom. The van der Waals surface area contributed by atoms with Crippen LogP contribution in [0.1, 0.15) is 30.1 Å². The maximum atomic E-state index is 12.4. The minimum atomic E-state index is -0.347. The van der Waals surface area contributed by atoms with Gasteiger partial charge in [-0.3, -0.25) is 14.9 Å². The van der Waals surface area contributed by atoms with Gasteiger partial charge >= 0.3 is 0 Å². The molecule has 0 saturated carbocycles. The molecule has 0 heterocycles. The summed E-state index contributed by atoms with van der Waals surface area (Å²) in [6, 6.07) is 12.1. The first kappa shape index (κ1) is 23.8. The van der Waals surface area contributed by atoms with Gasteiger partial charge in [-0.1, -0.05) is 6.92 Å². The molecule has 2 rings (SSSR count). The molecule has 3 N–H and O–H groups in total. The van der Waals surface area contributed by atoms with Crippen molar-refractivity contribution in [3.63, 3.8) is 0 Å². The van der Waals surface area contributed by atoms with Crippen LogP contribution >= 0.6 is 28.1 Å². The molecular formula is C21H24BrN3O4S. The molecule has 2 aromatic rings. The topological polar surface area (TPSA) is 88.7 Å². The number of ether oxygens (including phenoxy) is 2. The van der Waals surface area contributed by atoms with Crippen molar-refractivity contribution < 1.29 is 19.1 Å². The van der Waals surface area contributed by atoms with Crippen LogP contribution in [0.4, 0.5) is 11.4 Å². The number of halogens is 1. The molecule has 0 fully saturated rings. The molecule has 0 saturated heterocycles. The Bertz CT molecular complexity index is 890. The predicted molar refractivity (Wildman–Crippen MR) is 125 cm³/mol. The first-order chi connectivity index (χ1) is 14.4. The second-order valence-electron chi connectivity index (χ2n) is 6.27. The molecule has 9 heteroatoms. The number of carbonyl (C=O) groups excluding carboxylic acids is 2. The highest BCUT2D eigenvalue weighted by Gasteiger charge is 2.11. The zero-order chi connectivity index (χ0) is 21.9. The lowest BCUT2D eigenvalue weighted by Crippen LogP contribution is -2.34. The van der Waals surface area contributed by atoms with E-state index >= 15 is 0 Å². The van der Waals surface area contributed by atoms with Crippen molar-refractivity contribution >= 4 is 56.4 Å². The van der Waals surface area contributed by atoms with Crippen LogP contribution in [-0.2, 0) is 9.53 Å². The van der Waals surface area contributed by atoms with Crippen LogP contribution in [0.15, 0.2) is 46.9 Å². The number of methoxy groups -OCH3 is 1. The van der Waals surface area contributed by atoms with E-state index in [1.807, 2.05) is 6.92 Å². The predicted octanol–water partition coefficient (Wildman–Crippen LogP) is 4.34. The highest BCUT2D eigenvalue weighted by Crippen LogP contribution is 2.26. The van der Waals surface area contributed by atoms with Crippen molar-refractivity contribution in [3.05, 3.63) is 52.5 Å². The molecule has 0 aliphatic carbocycles. The minimum Gasteiger partial charge on any atom is -0.490 e. The zero-order valence-corrected chi connectivity index (χ0v) is 19.2. The van der Waals surface area contributed by atoms with Gasteiger partial charge in [-0.25, -0.2) is 0 Å². The molecule has 0 bridgehead atoms. The lowest BCUT2D eigenvalue weighted by Gasteiger charge is -2.12. The second kappa shape index (κ2) is 12.3. The number of amides is 2. The summed E-state index contributed by atoms with van der Waals surface area (Å²) in [5, 5.41) is 8.56. The van der Waals surface area contributed by atoms with Crippen molar-refractivity contribution in [1.82, 2.24) is 5.32 Å². The highest BCUT2D eigenvalue weighted by atomic mass is 79.9. The summed E-state index contributed by atoms with van der Waals surface area (Å²) >= 11 is 8.61. The maximum absolute atomic E-state index is 12.4. The molecule has 0 aromatic heterocycles. The van der Waals surface area contributed by atoms with Crippen molar-refractivity contribution in [2.45, 2.75) is 19.8 Å². The Kier molecular flexibility index (Phi) is 9.72. The third-order valence-corrected chi connectivity index (χ3v) is 4.69. The van der Waals surface area contributed by atoms with Gasteiger partial charge in [-0.05, 0) is 77.0 Å². The second-order valence-corrected chi connectivity index (χ2v) is 7.53. The monoisotopic (exact) mass is 493 g/mol. The lowest BCUT2D eigenvalue weighted by molar-refractivity contribution is -0.116. The van der Waals surface area contributed by atoms with E-state index in [0.29, 0.717) is 46.8 Å². The van der Waals surface area contributed by atoms with E-state index in [-0.39, 0.29) is 16.9 Å². The van der Waals surface area contributed by atoms with Crippen LogP contribution in [0, 0.1) is 0 Å². The number of rotatable bonds is 9.